The maximum Gasteiger partial charge on any atom is 0.269 e. The molecule has 2 aromatic rings. The van der Waals surface area contributed by atoms with Gasteiger partial charge in [0.1, 0.15) is 5.75 Å². The number of carbonyl (C=O) groups excluding carboxylic acids is 1. The standard InChI is InChI=1S/C16H14N2O4/c1-22-13-8-4-11(5-9-13)16(19)15-14(17-15)10-2-6-12(7-3-10)18(20)21/h2-9,14-15,17H,1H3. The number of non-ortho nitro benzene ring substituents is 1. The second-order valence-electron chi connectivity index (χ2n) is 5.06. The van der Waals surface area contributed by atoms with E-state index in [1.807, 2.05) is 0 Å². The monoisotopic (exact) mass is 298 g/mol. The summed E-state index contributed by atoms with van der Waals surface area (Å²) in [5, 5.41) is 13.7. The normalized spacial score (nSPS) is 19.5. The Bertz CT molecular complexity index is 710. The van der Waals surface area contributed by atoms with Gasteiger partial charge in [0, 0.05) is 17.7 Å². The molecule has 0 radical (unpaired) electrons. The number of nitrogens with zero attached hydrogens (tertiary/aromatic N) is 1. The Morgan fingerprint density at radius 1 is 1.14 bits per heavy atom. The van der Waals surface area contributed by atoms with Crippen molar-refractivity contribution in [3.63, 3.8) is 0 Å². The van der Waals surface area contributed by atoms with Gasteiger partial charge < -0.3 is 4.74 Å². The zero-order chi connectivity index (χ0) is 15.7. The summed E-state index contributed by atoms with van der Waals surface area (Å²) in [6.07, 6.45) is 0. The lowest BCUT2D eigenvalue weighted by molar-refractivity contribution is -0.384. The first-order chi connectivity index (χ1) is 10.6. The van der Waals surface area contributed by atoms with Gasteiger partial charge in [-0.1, -0.05) is 12.1 Å². The first-order valence-electron chi connectivity index (χ1n) is 6.79. The molecule has 0 amide bonds. The third-order valence-corrected chi connectivity index (χ3v) is 3.70. The molecule has 0 spiro atoms. The van der Waals surface area contributed by atoms with Crippen LogP contribution in [0.1, 0.15) is 22.0 Å². The number of carbonyl (C=O) groups is 1. The number of nitro benzene ring substituents is 1. The van der Waals surface area contributed by atoms with Crippen LogP contribution in [0.4, 0.5) is 5.69 Å². The zero-order valence-corrected chi connectivity index (χ0v) is 11.9. The molecule has 22 heavy (non-hydrogen) atoms. The molecule has 112 valence electrons. The largest absolute Gasteiger partial charge is 0.497 e. The molecule has 0 aromatic heterocycles. The molecule has 6 heteroatoms. The van der Waals surface area contributed by atoms with E-state index in [4.69, 9.17) is 4.74 Å². The van der Waals surface area contributed by atoms with Crippen molar-refractivity contribution in [2.24, 2.45) is 0 Å². The maximum atomic E-state index is 12.4. The Kier molecular flexibility index (Phi) is 3.60. The number of hydrogen-bond donors (Lipinski definition) is 1. The summed E-state index contributed by atoms with van der Waals surface area (Å²) >= 11 is 0. The van der Waals surface area contributed by atoms with Crippen LogP contribution in [0, 0.1) is 10.1 Å². The lowest BCUT2D eigenvalue weighted by Crippen LogP contribution is -2.10. The first-order valence-corrected chi connectivity index (χ1v) is 6.79. The Morgan fingerprint density at radius 3 is 2.32 bits per heavy atom. The third-order valence-electron chi connectivity index (χ3n) is 3.70. The molecule has 1 N–H and O–H groups in total. The van der Waals surface area contributed by atoms with Gasteiger partial charge in [0.05, 0.1) is 24.1 Å². The van der Waals surface area contributed by atoms with Gasteiger partial charge in [-0.2, -0.15) is 0 Å². The average Bonchev–Trinajstić information content (AvgIpc) is 3.35. The van der Waals surface area contributed by atoms with Crippen molar-refractivity contribution in [3.05, 3.63) is 69.8 Å². The number of ketones is 1. The number of benzene rings is 2. The molecule has 2 unspecified atom stereocenters. The number of Topliss-reactive ketones (excluding diaryl/α,β-unsaturated/α-hetero) is 1. The van der Waals surface area contributed by atoms with Crippen molar-refractivity contribution in [1.29, 1.82) is 0 Å². The fourth-order valence-electron chi connectivity index (χ4n) is 2.39. The minimum absolute atomic E-state index is 0.00556. The molecular formula is C16H14N2O4. The molecule has 1 aliphatic heterocycles. The molecule has 6 nitrogen and oxygen atoms in total. The quantitative estimate of drug-likeness (QED) is 0.396. The number of methoxy groups -OCH3 is 1. The average molecular weight is 298 g/mol. The molecule has 2 aromatic carbocycles. The number of nitro groups is 1. The highest BCUT2D eigenvalue weighted by molar-refractivity contribution is 6.02. The van der Waals surface area contributed by atoms with Crippen LogP contribution >= 0.6 is 0 Å². The van der Waals surface area contributed by atoms with Gasteiger partial charge >= 0.3 is 0 Å². The van der Waals surface area contributed by atoms with Crippen LogP contribution in [0.5, 0.6) is 5.75 Å². The lowest BCUT2D eigenvalue weighted by Gasteiger charge is -2.02. The van der Waals surface area contributed by atoms with Crippen molar-refractivity contribution in [3.8, 4) is 5.75 Å². The Labute approximate surface area is 126 Å². The van der Waals surface area contributed by atoms with Crippen LogP contribution in [0.3, 0.4) is 0 Å². The molecule has 2 atom stereocenters. The SMILES string of the molecule is COc1ccc(C(=O)C2NC2c2ccc([N+](=O)[O-])cc2)cc1. The number of ether oxygens (including phenoxy) is 1. The fourth-order valence-corrected chi connectivity index (χ4v) is 2.39. The van der Waals surface area contributed by atoms with Crippen molar-refractivity contribution in [1.82, 2.24) is 5.32 Å². The Balaban J connectivity index is 1.70. The lowest BCUT2D eigenvalue weighted by atomic mass is 10.0. The van der Waals surface area contributed by atoms with E-state index in [9.17, 15) is 14.9 Å². The molecule has 0 saturated carbocycles. The Hall–Kier alpha value is -2.73. The van der Waals surface area contributed by atoms with Crippen molar-refractivity contribution in [2.75, 3.05) is 7.11 Å². The van der Waals surface area contributed by atoms with Gasteiger partial charge in [0.2, 0.25) is 0 Å². The molecule has 1 heterocycles. The highest BCUT2D eigenvalue weighted by atomic mass is 16.6. The van der Waals surface area contributed by atoms with E-state index in [0.29, 0.717) is 11.3 Å². The number of hydrogen-bond acceptors (Lipinski definition) is 5. The molecule has 1 fully saturated rings. The van der Waals surface area contributed by atoms with Gasteiger partial charge in [-0.25, -0.2) is 0 Å². The molecule has 1 saturated heterocycles. The van der Waals surface area contributed by atoms with E-state index in [-0.39, 0.29) is 23.6 Å². The smallest absolute Gasteiger partial charge is 0.269 e. The first kappa shape index (κ1) is 14.2. The van der Waals surface area contributed by atoms with E-state index in [0.717, 1.165) is 5.56 Å². The van der Waals surface area contributed by atoms with Crippen LogP contribution < -0.4 is 10.1 Å². The van der Waals surface area contributed by atoms with Crippen molar-refractivity contribution < 1.29 is 14.5 Å². The maximum absolute atomic E-state index is 12.4. The van der Waals surface area contributed by atoms with Crippen LogP contribution in [-0.2, 0) is 0 Å². The highest BCUT2D eigenvalue weighted by Gasteiger charge is 2.43. The fraction of sp³-hybridized carbons (Fsp3) is 0.188. The molecular weight excluding hydrogens is 284 g/mol. The summed E-state index contributed by atoms with van der Waals surface area (Å²) < 4.78 is 5.06. The minimum Gasteiger partial charge on any atom is -0.497 e. The number of rotatable bonds is 5. The summed E-state index contributed by atoms with van der Waals surface area (Å²) in [7, 11) is 1.57. The predicted molar refractivity (Wildman–Crippen MR) is 80.1 cm³/mol. The topological polar surface area (TPSA) is 91.4 Å². The molecule has 1 aliphatic rings. The van der Waals surface area contributed by atoms with Crippen LogP contribution in [-0.4, -0.2) is 23.9 Å². The molecule has 0 bridgehead atoms. The van der Waals surface area contributed by atoms with E-state index in [1.54, 1.807) is 43.5 Å². The van der Waals surface area contributed by atoms with E-state index in [1.165, 1.54) is 12.1 Å². The zero-order valence-electron chi connectivity index (χ0n) is 11.9. The molecule has 0 aliphatic carbocycles. The Morgan fingerprint density at radius 2 is 1.77 bits per heavy atom. The van der Waals surface area contributed by atoms with Crippen molar-refractivity contribution in [2.45, 2.75) is 12.1 Å². The minimum atomic E-state index is -0.440. The van der Waals surface area contributed by atoms with Crippen molar-refractivity contribution >= 4 is 11.5 Å². The van der Waals surface area contributed by atoms with Gasteiger partial charge in [0.15, 0.2) is 5.78 Å². The molecule has 3 rings (SSSR count). The second-order valence-corrected chi connectivity index (χ2v) is 5.06. The summed E-state index contributed by atoms with van der Waals surface area (Å²) in [5.41, 5.74) is 1.53. The van der Waals surface area contributed by atoms with Crippen LogP contribution in [0.2, 0.25) is 0 Å². The summed E-state index contributed by atoms with van der Waals surface area (Å²) in [6.45, 7) is 0. The van der Waals surface area contributed by atoms with Crippen LogP contribution in [0.15, 0.2) is 48.5 Å². The van der Waals surface area contributed by atoms with Gasteiger partial charge in [0.25, 0.3) is 5.69 Å². The van der Waals surface area contributed by atoms with Gasteiger partial charge in [-0.05, 0) is 29.8 Å². The summed E-state index contributed by atoms with van der Waals surface area (Å²) in [5.74, 6) is 0.707. The highest BCUT2D eigenvalue weighted by Crippen LogP contribution is 2.33. The predicted octanol–water partition coefficient (Wildman–Crippen LogP) is 2.50. The summed E-state index contributed by atoms with van der Waals surface area (Å²) in [6, 6.07) is 12.8. The van der Waals surface area contributed by atoms with Gasteiger partial charge in [-0.15, -0.1) is 0 Å². The second kappa shape index (κ2) is 5.57. The summed E-state index contributed by atoms with van der Waals surface area (Å²) in [4.78, 5) is 22.5. The van der Waals surface area contributed by atoms with Crippen LogP contribution in [0.25, 0.3) is 0 Å². The van der Waals surface area contributed by atoms with Gasteiger partial charge in [-0.3, -0.25) is 20.2 Å². The van der Waals surface area contributed by atoms with E-state index >= 15 is 0 Å². The van der Waals surface area contributed by atoms with E-state index < -0.39 is 4.92 Å². The third kappa shape index (κ3) is 2.68. The van der Waals surface area contributed by atoms with E-state index in [2.05, 4.69) is 5.32 Å². The number of nitrogens with one attached hydrogen (secondary N) is 1.